The van der Waals surface area contributed by atoms with Gasteiger partial charge in [0, 0.05) is 31.2 Å². The molecular formula is C23H49N3O. The maximum atomic E-state index is 9.80. The zero-order chi connectivity index (χ0) is 20.3. The Kier molecular flexibility index (Phi) is 11.4. The molecule has 4 saturated heterocycles. The zero-order valence-corrected chi connectivity index (χ0v) is 19.3. The molecule has 0 amide bonds. The molecule has 27 heavy (non-hydrogen) atoms. The van der Waals surface area contributed by atoms with Gasteiger partial charge in [0.05, 0.1) is 6.61 Å². The Hall–Kier alpha value is -0.160. The molecule has 2 unspecified atom stereocenters. The topological polar surface area (TPSA) is 38.7 Å². The number of rotatable bonds is 3. The fraction of sp³-hybridized carbons (Fsp3) is 1.00. The summed E-state index contributed by atoms with van der Waals surface area (Å²) in [5.74, 6) is 0. The lowest BCUT2D eigenvalue weighted by molar-refractivity contribution is 0.0294. The minimum Gasteiger partial charge on any atom is -0.394 e. The third-order valence-corrected chi connectivity index (χ3v) is 6.71. The normalized spacial score (nSPS) is 31.4. The summed E-state index contributed by atoms with van der Waals surface area (Å²) in [7, 11) is 0. The first-order chi connectivity index (χ1) is 13.2. The molecule has 4 heteroatoms. The summed E-state index contributed by atoms with van der Waals surface area (Å²) >= 11 is 0. The first kappa shape index (κ1) is 24.9. The lowest BCUT2D eigenvalue weighted by Crippen LogP contribution is -2.59. The van der Waals surface area contributed by atoms with Gasteiger partial charge in [0.1, 0.15) is 0 Å². The van der Waals surface area contributed by atoms with Crippen molar-refractivity contribution in [1.29, 1.82) is 0 Å². The number of piperidine rings is 1. The fourth-order valence-corrected chi connectivity index (χ4v) is 5.17. The van der Waals surface area contributed by atoms with Gasteiger partial charge in [-0.2, -0.15) is 0 Å². The second kappa shape index (κ2) is 12.4. The zero-order valence-electron chi connectivity index (χ0n) is 19.3. The predicted molar refractivity (Wildman–Crippen MR) is 118 cm³/mol. The number of nitrogens with zero attached hydrogens (tertiary/aromatic N) is 2. The summed E-state index contributed by atoms with van der Waals surface area (Å²) in [6.45, 7) is 20.2. The summed E-state index contributed by atoms with van der Waals surface area (Å²) in [6, 6.07) is 0.707. The number of aliphatic hydroxyl groups excluding tert-OH is 1. The van der Waals surface area contributed by atoms with Crippen molar-refractivity contribution >= 4 is 0 Å². The molecule has 0 aromatic carbocycles. The van der Waals surface area contributed by atoms with Crippen molar-refractivity contribution in [3.63, 3.8) is 0 Å². The van der Waals surface area contributed by atoms with Gasteiger partial charge in [-0.3, -0.25) is 4.90 Å². The predicted octanol–water partition coefficient (Wildman–Crippen LogP) is 4.13. The van der Waals surface area contributed by atoms with E-state index in [1.54, 1.807) is 0 Å². The third-order valence-electron chi connectivity index (χ3n) is 6.71. The molecule has 0 aliphatic carbocycles. The van der Waals surface area contributed by atoms with Gasteiger partial charge in [-0.05, 0) is 63.6 Å². The van der Waals surface area contributed by atoms with Crippen LogP contribution < -0.4 is 5.32 Å². The minimum absolute atomic E-state index is 0.166. The molecule has 0 radical (unpaired) electrons. The first-order valence-electron chi connectivity index (χ1n) is 12.0. The van der Waals surface area contributed by atoms with E-state index in [0.29, 0.717) is 18.1 Å². The molecule has 4 rings (SSSR count). The van der Waals surface area contributed by atoms with Crippen molar-refractivity contribution < 1.29 is 5.11 Å². The average Bonchev–Trinajstić information content (AvgIpc) is 3.26. The number of nitrogens with one attached hydrogen (secondary N) is 1. The standard InChI is InChI=1S/C16H29N3O.C3H8.2C2H6/c20-13-16-3-1-7-19(16)14(2-4-16)10-18-8-5-15(6-9-18)11-17-12-15;1-3-2;2*1-2/h14,17,20H,1-13H2;3H2,1-2H3;2*1-2H3. The van der Waals surface area contributed by atoms with Crippen molar-refractivity contribution in [3.8, 4) is 0 Å². The number of likely N-dealkylation sites (tertiary alicyclic amines) is 1. The monoisotopic (exact) mass is 383 g/mol. The van der Waals surface area contributed by atoms with Crippen LogP contribution in [0.1, 0.15) is 86.5 Å². The molecular weight excluding hydrogens is 334 g/mol. The first-order valence-corrected chi connectivity index (χ1v) is 12.0. The highest BCUT2D eigenvalue weighted by molar-refractivity contribution is 5.05. The van der Waals surface area contributed by atoms with Crippen molar-refractivity contribution in [2.45, 2.75) is 98.1 Å². The van der Waals surface area contributed by atoms with Gasteiger partial charge >= 0.3 is 0 Å². The Morgan fingerprint density at radius 3 is 2.00 bits per heavy atom. The lowest BCUT2D eigenvalue weighted by Gasteiger charge is -2.49. The van der Waals surface area contributed by atoms with E-state index in [1.165, 1.54) is 84.2 Å². The number of hydrogen-bond acceptors (Lipinski definition) is 4. The van der Waals surface area contributed by atoms with Gasteiger partial charge in [0.15, 0.2) is 0 Å². The summed E-state index contributed by atoms with van der Waals surface area (Å²) in [5, 5.41) is 13.2. The van der Waals surface area contributed by atoms with E-state index in [9.17, 15) is 5.11 Å². The van der Waals surface area contributed by atoms with E-state index in [-0.39, 0.29) is 5.54 Å². The molecule has 4 nitrogen and oxygen atoms in total. The van der Waals surface area contributed by atoms with Crippen LogP contribution in [0.4, 0.5) is 0 Å². The van der Waals surface area contributed by atoms with E-state index < -0.39 is 0 Å². The molecule has 4 aliphatic rings. The van der Waals surface area contributed by atoms with E-state index in [0.717, 1.165) is 0 Å². The average molecular weight is 384 g/mol. The second-order valence-electron chi connectivity index (χ2n) is 8.48. The molecule has 0 aromatic rings. The highest BCUT2D eigenvalue weighted by Gasteiger charge is 2.49. The maximum absolute atomic E-state index is 9.80. The van der Waals surface area contributed by atoms with Gasteiger partial charge in [-0.25, -0.2) is 0 Å². The summed E-state index contributed by atoms with van der Waals surface area (Å²) < 4.78 is 0. The Labute approximate surface area is 170 Å². The highest BCUT2D eigenvalue weighted by atomic mass is 16.3. The number of fused-ring (bicyclic) bond motifs is 1. The number of hydrogen-bond donors (Lipinski definition) is 2. The Morgan fingerprint density at radius 1 is 0.926 bits per heavy atom. The Bertz CT molecular complexity index is 376. The molecule has 0 aromatic heterocycles. The van der Waals surface area contributed by atoms with Crippen LogP contribution in [-0.4, -0.2) is 72.4 Å². The van der Waals surface area contributed by atoms with Crippen molar-refractivity contribution in [1.82, 2.24) is 15.1 Å². The number of aliphatic hydroxyl groups is 1. The van der Waals surface area contributed by atoms with Crippen LogP contribution >= 0.6 is 0 Å². The molecule has 4 heterocycles. The van der Waals surface area contributed by atoms with Crippen molar-refractivity contribution in [2.75, 3.05) is 45.9 Å². The van der Waals surface area contributed by atoms with Gasteiger partial charge in [0.25, 0.3) is 0 Å². The van der Waals surface area contributed by atoms with Crippen LogP contribution in [-0.2, 0) is 0 Å². The van der Waals surface area contributed by atoms with Gasteiger partial charge in [-0.15, -0.1) is 0 Å². The Balaban J connectivity index is 0.000000466. The van der Waals surface area contributed by atoms with Crippen LogP contribution in [0.25, 0.3) is 0 Å². The van der Waals surface area contributed by atoms with Crippen molar-refractivity contribution in [2.24, 2.45) is 5.41 Å². The molecule has 162 valence electrons. The molecule has 2 atom stereocenters. The SMILES string of the molecule is CC.CC.CCC.OCC12CCCN1C(CN1CCC3(CC1)CNC3)CC2. The van der Waals surface area contributed by atoms with E-state index in [4.69, 9.17) is 0 Å². The summed E-state index contributed by atoms with van der Waals surface area (Å²) in [4.78, 5) is 5.35. The molecule has 2 N–H and O–H groups in total. The molecule has 4 aliphatic heterocycles. The molecule has 0 bridgehead atoms. The van der Waals surface area contributed by atoms with Crippen LogP contribution in [0.2, 0.25) is 0 Å². The van der Waals surface area contributed by atoms with Crippen LogP contribution in [0, 0.1) is 5.41 Å². The summed E-state index contributed by atoms with van der Waals surface area (Å²) in [5.41, 5.74) is 0.828. The third kappa shape index (κ3) is 5.91. The molecule has 0 saturated carbocycles. The smallest absolute Gasteiger partial charge is 0.0615 e. The van der Waals surface area contributed by atoms with Gasteiger partial charge < -0.3 is 15.3 Å². The van der Waals surface area contributed by atoms with Crippen LogP contribution in [0.5, 0.6) is 0 Å². The fourth-order valence-electron chi connectivity index (χ4n) is 5.17. The largest absolute Gasteiger partial charge is 0.394 e. The lowest BCUT2D eigenvalue weighted by atomic mass is 9.73. The second-order valence-corrected chi connectivity index (χ2v) is 8.48. The molecule has 1 spiro atoms. The van der Waals surface area contributed by atoms with E-state index >= 15 is 0 Å². The van der Waals surface area contributed by atoms with Gasteiger partial charge in [-0.1, -0.05) is 48.0 Å². The van der Waals surface area contributed by atoms with E-state index in [2.05, 4.69) is 29.0 Å². The van der Waals surface area contributed by atoms with E-state index in [1.807, 2.05) is 27.7 Å². The van der Waals surface area contributed by atoms with Gasteiger partial charge in [0.2, 0.25) is 0 Å². The van der Waals surface area contributed by atoms with Crippen molar-refractivity contribution in [3.05, 3.63) is 0 Å². The molecule has 4 fully saturated rings. The minimum atomic E-state index is 0.166. The quantitative estimate of drug-likeness (QED) is 0.768. The maximum Gasteiger partial charge on any atom is 0.0615 e. The van der Waals surface area contributed by atoms with Crippen LogP contribution in [0.15, 0.2) is 0 Å². The highest BCUT2D eigenvalue weighted by Crippen LogP contribution is 2.43. The summed E-state index contributed by atoms with van der Waals surface area (Å²) in [6.07, 6.45) is 9.04. The Morgan fingerprint density at radius 2 is 1.52 bits per heavy atom. The van der Waals surface area contributed by atoms with Crippen LogP contribution in [0.3, 0.4) is 0 Å².